The standard InChI is InChI=1S/C21H29N7O2.HI/c1-2-11-28-19(6-1)25-26-20(28)17-24-21(23-9-7-18-5-3-14-30-18)22-8-4-10-27-12-15-29-16-13-27;/h1-3,5-6,11,14H,4,7-10,12-13,15-17H2,(H2,22,23,24);1H. The molecule has 0 aromatic carbocycles. The summed E-state index contributed by atoms with van der Waals surface area (Å²) in [5.41, 5.74) is 0.827. The first-order valence-corrected chi connectivity index (χ1v) is 10.5. The molecule has 0 bridgehead atoms. The molecule has 3 aromatic heterocycles. The Bertz CT molecular complexity index is 923. The highest BCUT2D eigenvalue weighted by Crippen LogP contribution is 2.04. The second-order valence-corrected chi connectivity index (χ2v) is 7.20. The number of ether oxygens (including phenoxy) is 1. The maximum absolute atomic E-state index is 5.41. The van der Waals surface area contributed by atoms with Gasteiger partial charge in [-0.3, -0.25) is 9.30 Å². The van der Waals surface area contributed by atoms with Crippen LogP contribution in [0, 0.1) is 0 Å². The molecule has 1 saturated heterocycles. The monoisotopic (exact) mass is 539 g/mol. The molecule has 168 valence electrons. The number of morpholine rings is 1. The van der Waals surface area contributed by atoms with Crippen LogP contribution in [0.2, 0.25) is 0 Å². The fourth-order valence-corrected chi connectivity index (χ4v) is 3.42. The van der Waals surface area contributed by atoms with Crippen molar-refractivity contribution in [2.24, 2.45) is 4.99 Å². The van der Waals surface area contributed by atoms with Gasteiger partial charge in [0.15, 0.2) is 17.4 Å². The SMILES string of the molecule is I.c1coc(CCNC(=NCc2nnc3ccccn23)NCCCN2CCOCC2)c1. The second-order valence-electron chi connectivity index (χ2n) is 7.20. The number of halogens is 1. The number of hydrogen-bond acceptors (Lipinski definition) is 6. The molecule has 0 saturated carbocycles. The van der Waals surface area contributed by atoms with Crippen LogP contribution < -0.4 is 10.6 Å². The van der Waals surface area contributed by atoms with Crippen molar-refractivity contribution in [1.29, 1.82) is 0 Å². The number of rotatable bonds is 9. The zero-order valence-corrected chi connectivity index (χ0v) is 19.9. The van der Waals surface area contributed by atoms with Crippen molar-refractivity contribution >= 4 is 35.6 Å². The molecule has 0 amide bonds. The van der Waals surface area contributed by atoms with E-state index in [0.29, 0.717) is 6.54 Å². The molecule has 0 atom stereocenters. The van der Waals surface area contributed by atoms with E-state index in [1.54, 1.807) is 6.26 Å². The number of nitrogens with one attached hydrogen (secondary N) is 2. The molecule has 0 unspecified atom stereocenters. The molecule has 1 aliphatic heterocycles. The zero-order valence-electron chi connectivity index (χ0n) is 17.6. The number of hydrogen-bond donors (Lipinski definition) is 2. The van der Waals surface area contributed by atoms with Gasteiger partial charge in [-0.15, -0.1) is 34.2 Å². The molecular weight excluding hydrogens is 509 g/mol. The van der Waals surface area contributed by atoms with Gasteiger partial charge in [-0.2, -0.15) is 0 Å². The minimum absolute atomic E-state index is 0. The van der Waals surface area contributed by atoms with Crippen molar-refractivity contribution < 1.29 is 9.15 Å². The lowest BCUT2D eigenvalue weighted by atomic mass is 10.3. The highest BCUT2D eigenvalue weighted by atomic mass is 127. The molecule has 1 aliphatic rings. The van der Waals surface area contributed by atoms with Crippen molar-refractivity contribution in [2.75, 3.05) is 45.9 Å². The Kier molecular flexibility index (Phi) is 9.56. The summed E-state index contributed by atoms with van der Waals surface area (Å²) in [7, 11) is 0. The fourth-order valence-electron chi connectivity index (χ4n) is 3.42. The van der Waals surface area contributed by atoms with Crippen LogP contribution in [0.5, 0.6) is 0 Å². The second kappa shape index (κ2) is 12.6. The Labute approximate surface area is 199 Å². The van der Waals surface area contributed by atoms with Crippen molar-refractivity contribution in [3.63, 3.8) is 0 Å². The van der Waals surface area contributed by atoms with Crippen LogP contribution in [0.1, 0.15) is 18.0 Å². The molecule has 0 spiro atoms. The van der Waals surface area contributed by atoms with Crippen molar-refractivity contribution in [1.82, 2.24) is 30.1 Å². The van der Waals surface area contributed by atoms with Gasteiger partial charge in [0.05, 0.1) is 19.5 Å². The van der Waals surface area contributed by atoms with Gasteiger partial charge in [-0.05, 0) is 37.2 Å². The molecule has 9 nitrogen and oxygen atoms in total. The van der Waals surface area contributed by atoms with E-state index >= 15 is 0 Å². The molecule has 1 fully saturated rings. The number of pyridine rings is 1. The van der Waals surface area contributed by atoms with Gasteiger partial charge in [0, 0.05) is 38.8 Å². The molecular formula is C21H30IN7O2. The van der Waals surface area contributed by atoms with E-state index in [0.717, 1.165) is 82.0 Å². The average molecular weight is 539 g/mol. The van der Waals surface area contributed by atoms with Crippen molar-refractivity contribution in [3.8, 4) is 0 Å². The normalized spacial score (nSPS) is 15.0. The lowest BCUT2D eigenvalue weighted by Crippen LogP contribution is -2.41. The van der Waals surface area contributed by atoms with E-state index in [4.69, 9.17) is 14.1 Å². The molecule has 4 heterocycles. The van der Waals surface area contributed by atoms with Crippen LogP contribution in [0.3, 0.4) is 0 Å². The molecule has 2 N–H and O–H groups in total. The van der Waals surface area contributed by atoms with Gasteiger partial charge in [-0.1, -0.05) is 6.07 Å². The summed E-state index contributed by atoms with van der Waals surface area (Å²) in [6.07, 6.45) is 5.51. The molecule has 4 rings (SSSR count). The van der Waals surface area contributed by atoms with Gasteiger partial charge in [0.2, 0.25) is 0 Å². The van der Waals surface area contributed by atoms with E-state index < -0.39 is 0 Å². The highest BCUT2D eigenvalue weighted by molar-refractivity contribution is 14.0. The van der Waals surface area contributed by atoms with Crippen molar-refractivity contribution in [3.05, 3.63) is 54.4 Å². The zero-order chi connectivity index (χ0) is 20.4. The maximum Gasteiger partial charge on any atom is 0.191 e. The number of aromatic nitrogens is 3. The number of aliphatic imine (C=N–C) groups is 1. The minimum Gasteiger partial charge on any atom is -0.469 e. The number of guanidine groups is 1. The fraction of sp³-hybridized carbons (Fsp3) is 0.476. The predicted octanol–water partition coefficient (Wildman–Crippen LogP) is 1.94. The van der Waals surface area contributed by atoms with E-state index in [1.807, 2.05) is 40.9 Å². The Morgan fingerprint density at radius 1 is 1.06 bits per heavy atom. The van der Waals surface area contributed by atoms with Gasteiger partial charge >= 0.3 is 0 Å². The van der Waals surface area contributed by atoms with E-state index in [-0.39, 0.29) is 24.0 Å². The Morgan fingerprint density at radius 3 is 2.77 bits per heavy atom. The number of nitrogens with zero attached hydrogens (tertiary/aromatic N) is 5. The smallest absolute Gasteiger partial charge is 0.191 e. The van der Waals surface area contributed by atoms with Crippen LogP contribution in [0.25, 0.3) is 5.65 Å². The maximum atomic E-state index is 5.41. The third-order valence-corrected chi connectivity index (χ3v) is 5.05. The third kappa shape index (κ3) is 7.18. The molecule has 3 aromatic rings. The van der Waals surface area contributed by atoms with Gasteiger partial charge in [0.25, 0.3) is 0 Å². The van der Waals surface area contributed by atoms with Crippen molar-refractivity contribution in [2.45, 2.75) is 19.4 Å². The molecule has 31 heavy (non-hydrogen) atoms. The van der Waals surface area contributed by atoms with E-state index in [9.17, 15) is 0 Å². The topological polar surface area (TPSA) is 92.2 Å². The largest absolute Gasteiger partial charge is 0.469 e. The predicted molar refractivity (Wildman–Crippen MR) is 130 cm³/mol. The van der Waals surface area contributed by atoms with Gasteiger partial charge in [-0.25, -0.2) is 4.99 Å². The van der Waals surface area contributed by atoms with Crippen LogP contribution in [0.15, 0.2) is 52.2 Å². The van der Waals surface area contributed by atoms with Gasteiger partial charge in [0.1, 0.15) is 12.3 Å². The quantitative estimate of drug-likeness (QED) is 0.186. The third-order valence-electron chi connectivity index (χ3n) is 5.05. The summed E-state index contributed by atoms with van der Waals surface area (Å²) >= 11 is 0. The first-order chi connectivity index (χ1) is 14.9. The average Bonchev–Trinajstić information content (AvgIpc) is 3.45. The number of furan rings is 1. The van der Waals surface area contributed by atoms with Crippen LogP contribution in [0.4, 0.5) is 0 Å². The Balaban J connectivity index is 0.00000272. The minimum atomic E-state index is 0. The first kappa shape index (κ1) is 23.5. The van der Waals surface area contributed by atoms with E-state index in [2.05, 4.69) is 25.7 Å². The first-order valence-electron chi connectivity index (χ1n) is 10.5. The summed E-state index contributed by atoms with van der Waals surface area (Å²) in [5.74, 6) is 2.54. The summed E-state index contributed by atoms with van der Waals surface area (Å²) in [4.78, 5) is 7.17. The van der Waals surface area contributed by atoms with Crippen LogP contribution in [-0.2, 0) is 17.7 Å². The Morgan fingerprint density at radius 2 is 1.94 bits per heavy atom. The summed E-state index contributed by atoms with van der Waals surface area (Å²) in [5, 5.41) is 15.3. The summed E-state index contributed by atoms with van der Waals surface area (Å²) in [6, 6.07) is 9.75. The lowest BCUT2D eigenvalue weighted by Gasteiger charge is -2.26. The lowest BCUT2D eigenvalue weighted by molar-refractivity contribution is 0.0376. The van der Waals surface area contributed by atoms with Crippen LogP contribution in [-0.4, -0.2) is 71.4 Å². The van der Waals surface area contributed by atoms with E-state index in [1.165, 1.54) is 0 Å². The highest BCUT2D eigenvalue weighted by Gasteiger charge is 2.10. The molecule has 0 aliphatic carbocycles. The van der Waals surface area contributed by atoms with Crippen LogP contribution >= 0.6 is 24.0 Å². The van der Waals surface area contributed by atoms with Gasteiger partial charge < -0.3 is 19.8 Å². The molecule has 10 heteroatoms. The summed E-state index contributed by atoms with van der Waals surface area (Å²) < 4.78 is 12.8. The Hall–Kier alpha value is -2.18. The molecule has 0 radical (unpaired) electrons. The summed E-state index contributed by atoms with van der Waals surface area (Å²) in [6.45, 7) is 6.80. The number of fused-ring (bicyclic) bond motifs is 1.